The SMILES string of the molecule is O=c1[nH]nc(-c2ccc(F)c(Cl)c2)o1. The van der Waals surface area contributed by atoms with E-state index in [9.17, 15) is 9.18 Å². The Morgan fingerprint density at radius 1 is 1.50 bits per heavy atom. The number of aromatic nitrogens is 2. The lowest BCUT2D eigenvalue weighted by Gasteiger charge is -1.95. The van der Waals surface area contributed by atoms with Gasteiger partial charge in [0.1, 0.15) is 5.82 Å². The van der Waals surface area contributed by atoms with E-state index >= 15 is 0 Å². The van der Waals surface area contributed by atoms with Gasteiger partial charge in [-0.25, -0.2) is 14.3 Å². The quantitative estimate of drug-likeness (QED) is 0.788. The third kappa shape index (κ3) is 1.54. The van der Waals surface area contributed by atoms with Crippen LogP contribution in [0.2, 0.25) is 5.02 Å². The van der Waals surface area contributed by atoms with Gasteiger partial charge in [-0.05, 0) is 18.2 Å². The minimum Gasteiger partial charge on any atom is -0.388 e. The maximum Gasteiger partial charge on any atom is 0.434 e. The molecule has 0 unspecified atom stereocenters. The highest BCUT2D eigenvalue weighted by atomic mass is 35.5. The lowest BCUT2D eigenvalue weighted by molar-refractivity contribution is 0.527. The Bertz CT molecular complexity index is 520. The minimum absolute atomic E-state index is 0.0480. The van der Waals surface area contributed by atoms with Gasteiger partial charge < -0.3 is 4.42 Å². The van der Waals surface area contributed by atoms with Crippen LogP contribution in [0.1, 0.15) is 0 Å². The molecule has 72 valence electrons. The van der Waals surface area contributed by atoms with Crippen molar-refractivity contribution in [2.24, 2.45) is 0 Å². The third-order valence-electron chi connectivity index (χ3n) is 1.60. The van der Waals surface area contributed by atoms with Crippen LogP contribution in [0, 0.1) is 5.82 Å². The second kappa shape index (κ2) is 3.26. The maximum atomic E-state index is 12.8. The van der Waals surface area contributed by atoms with Gasteiger partial charge in [-0.15, -0.1) is 5.10 Å². The molecule has 0 radical (unpaired) electrons. The van der Waals surface area contributed by atoms with Gasteiger partial charge in [0.05, 0.1) is 5.02 Å². The fourth-order valence-corrected chi connectivity index (χ4v) is 1.16. The zero-order valence-corrected chi connectivity index (χ0v) is 7.51. The van der Waals surface area contributed by atoms with Crippen LogP contribution in [0.4, 0.5) is 4.39 Å². The summed E-state index contributed by atoms with van der Waals surface area (Å²) in [5.41, 5.74) is 0.440. The molecule has 1 aromatic heterocycles. The molecule has 0 bridgehead atoms. The summed E-state index contributed by atoms with van der Waals surface area (Å²) in [6, 6.07) is 3.92. The molecule has 4 nitrogen and oxygen atoms in total. The highest BCUT2D eigenvalue weighted by Gasteiger charge is 2.07. The van der Waals surface area contributed by atoms with Crippen molar-refractivity contribution in [3.63, 3.8) is 0 Å². The fourth-order valence-electron chi connectivity index (χ4n) is 0.982. The molecule has 2 aromatic rings. The molecule has 1 heterocycles. The normalized spacial score (nSPS) is 10.4. The van der Waals surface area contributed by atoms with Gasteiger partial charge in [0.15, 0.2) is 0 Å². The summed E-state index contributed by atoms with van der Waals surface area (Å²) in [7, 11) is 0. The predicted octanol–water partition coefficient (Wildman–Crippen LogP) is 1.82. The first kappa shape index (κ1) is 8.96. The van der Waals surface area contributed by atoms with Gasteiger partial charge in [0.2, 0.25) is 5.89 Å². The van der Waals surface area contributed by atoms with E-state index < -0.39 is 11.6 Å². The molecular weight excluding hydrogens is 211 g/mol. The van der Waals surface area contributed by atoms with Crippen molar-refractivity contribution in [3.8, 4) is 11.5 Å². The Hall–Kier alpha value is -1.62. The Morgan fingerprint density at radius 2 is 2.29 bits per heavy atom. The molecule has 14 heavy (non-hydrogen) atoms. The third-order valence-corrected chi connectivity index (χ3v) is 1.89. The number of H-pyrrole nitrogens is 1. The number of aromatic amines is 1. The topological polar surface area (TPSA) is 58.9 Å². The van der Waals surface area contributed by atoms with Crippen LogP contribution < -0.4 is 5.76 Å². The highest BCUT2D eigenvalue weighted by molar-refractivity contribution is 6.31. The first-order valence-corrected chi connectivity index (χ1v) is 4.05. The molecule has 0 amide bonds. The van der Waals surface area contributed by atoms with Crippen LogP contribution in [-0.4, -0.2) is 10.2 Å². The van der Waals surface area contributed by atoms with Crippen LogP contribution in [-0.2, 0) is 0 Å². The van der Waals surface area contributed by atoms with Crippen molar-refractivity contribution in [2.45, 2.75) is 0 Å². The number of hydrogen-bond acceptors (Lipinski definition) is 3. The van der Waals surface area contributed by atoms with E-state index in [2.05, 4.69) is 14.6 Å². The van der Waals surface area contributed by atoms with E-state index in [1.807, 2.05) is 0 Å². The number of rotatable bonds is 1. The Kier molecular flexibility index (Phi) is 2.09. The van der Waals surface area contributed by atoms with Crippen LogP contribution in [0.5, 0.6) is 0 Å². The number of nitrogens with zero attached hydrogens (tertiary/aromatic N) is 1. The standard InChI is InChI=1S/C8H4ClFN2O2/c9-5-3-4(1-2-6(5)10)7-11-12-8(13)14-7/h1-3H,(H,12,13). The summed E-state index contributed by atoms with van der Waals surface area (Å²) in [6.07, 6.45) is 0. The minimum atomic E-state index is -0.666. The zero-order valence-electron chi connectivity index (χ0n) is 6.75. The smallest absolute Gasteiger partial charge is 0.388 e. The largest absolute Gasteiger partial charge is 0.434 e. The molecule has 0 aliphatic rings. The van der Waals surface area contributed by atoms with Crippen LogP contribution in [0.25, 0.3) is 11.5 Å². The van der Waals surface area contributed by atoms with Gasteiger partial charge in [0, 0.05) is 5.56 Å². The second-order valence-electron chi connectivity index (χ2n) is 2.55. The Balaban J connectivity index is 2.52. The molecule has 2 rings (SSSR count). The van der Waals surface area contributed by atoms with E-state index in [1.54, 1.807) is 0 Å². The van der Waals surface area contributed by atoms with Gasteiger partial charge >= 0.3 is 5.76 Å². The van der Waals surface area contributed by atoms with Crippen molar-refractivity contribution < 1.29 is 8.81 Å². The number of benzene rings is 1. The summed E-state index contributed by atoms with van der Waals surface area (Å²) in [6.45, 7) is 0. The van der Waals surface area contributed by atoms with E-state index in [0.717, 1.165) is 0 Å². The summed E-state index contributed by atoms with van der Waals surface area (Å²) >= 11 is 5.54. The van der Waals surface area contributed by atoms with Crippen molar-refractivity contribution in [1.29, 1.82) is 0 Å². The van der Waals surface area contributed by atoms with E-state index in [-0.39, 0.29) is 10.9 Å². The van der Waals surface area contributed by atoms with Crippen molar-refractivity contribution >= 4 is 11.6 Å². The average molecular weight is 215 g/mol. The summed E-state index contributed by atoms with van der Waals surface area (Å²) < 4.78 is 17.4. The Labute approximate surface area is 82.3 Å². The summed E-state index contributed by atoms with van der Waals surface area (Å²) in [5, 5.41) is 5.62. The maximum absolute atomic E-state index is 12.8. The van der Waals surface area contributed by atoms with E-state index in [0.29, 0.717) is 5.56 Å². The molecule has 0 saturated heterocycles. The number of halogens is 2. The first-order chi connectivity index (χ1) is 6.66. The molecule has 1 aromatic carbocycles. The molecular formula is C8H4ClFN2O2. The van der Waals surface area contributed by atoms with Gasteiger partial charge in [-0.1, -0.05) is 11.6 Å². The van der Waals surface area contributed by atoms with Crippen LogP contribution in [0.3, 0.4) is 0 Å². The molecule has 6 heteroatoms. The predicted molar refractivity (Wildman–Crippen MR) is 47.5 cm³/mol. The number of nitrogens with one attached hydrogen (secondary N) is 1. The van der Waals surface area contributed by atoms with Crippen molar-refractivity contribution in [3.05, 3.63) is 39.6 Å². The van der Waals surface area contributed by atoms with Gasteiger partial charge in [-0.2, -0.15) is 0 Å². The fraction of sp³-hybridized carbons (Fsp3) is 0. The van der Waals surface area contributed by atoms with Gasteiger partial charge in [-0.3, -0.25) is 0 Å². The molecule has 0 spiro atoms. The highest BCUT2D eigenvalue weighted by Crippen LogP contribution is 2.22. The van der Waals surface area contributed by atoms with Crippen LogP contribution >= 0.6 is 11.6 Å². The monoisotopic (exact) mass is 214 g/mol. The van der Waals surface area contributed by atoms with Crippen molar-refractivity contribution in [1.82, 2.24) is 10.2 Å². The van der Waals surface area contributed by atoms with Gasteiger partial charge in [0.25, 0.3) is 0 Å². The summed E-state index contributed by atoms with van der Waals surface area (Å²) in [4.78, 5) is 10.6. The molecule has 0 aliphatic carbocycles. The molecule has 0 atom stereocenters. The number of hydrogen-bond donors (Lipinski definition) is 1. The van der Waals surface area contributed by atoms with Crippen LogP contribution in [0.15, 0.2) is 27.4 Å². The van der Waals surface area contributed by atoms with E-state index in [4.69, 9.17) is 11.6 Å². The lowest BCUT2D eigenvalue weighted by Crippen LogP contribution is -1.93. The Morgan fingerprint density at radius 3 is 2.86 bits per heavy atom. The average Bonchev–Trinajstić information content (AvgIpc) is 2.57. The van der Waals surface area contributed by atoms with E-state index in [1.165, 1.54) is 18.2 Å². The molecule has 0 fully saturated rings. The second-order valence-corrected chi connectivity index (χ2v) is 2.95. The molecule has 0 aliphatic heterocycles. The zero-order chi connectivity index (χ0) is 10.1. The lowest BCUT2D eigenvalue weighted by atomic mass is 10.2. The van der Waals surface area contributed by atoms with Crippen molar-refractivity contribution in [2.75, 3.05) is 0 Å². The molecule has 1 N–H and O–H groups in total. The first-order valence-electron chi connectivity index (χ1n) is 3.68. The molecule has 0 saturated carbocycles. The summed E-state index contributed by atoms with van der Waals surface area (Å²) in [5.74, 6) is -1.12.